The number of amides is 1. The summed E-state index contributed by atoms with van der Waals surface area (Å²) in [5.74, 6) is -0.950. The Labute approximate surface area is 126 Å². The van der Waals surface area contributed by atoms with E-state index in [1.165, 1.54) is 24.3 Å². The van der Waals surface area contributed by atoms with Crippen molar-refractivity contribution in [3.63, 3.8) is 0 Å². The highest BCUT2D eigenvalue weighted by molar-refractivity contribution is 7.91. The van der Waals surface area contributed by atoms with Crippen molar-refractivity contribution >= 4 is 26.6 Å². The molecule has 2 aromatic rings. The van der Waals surface area contributed by atoms with E-state index in [-0.39, 0.29) is 23.0 Å². The molecule has 1 saturated heterocycles. The van der Waals surface area contributed by atoms with Crippen LogP contribution in [0.2, 0.25) is 0 Å². The maximum Gasteiger partial charge on any atom is 0.268 e. The molecule has 22 heavy (non-hydrogen) atoms. The minimum atomic E-state index is -3.18. The predicted octanol–water partition coefficient (Wildman–Crippen LogP) is 0.551. The molecule has 1 aromatic heterocycles. The van der Waals surface area contributed by atoms with Gasteiger partial charge in [0.2, 0.25) is 0 Å². The highest BCUT2D eigenvalue weighted by Crippen LogP contribution is 2.17. The summed E-state index contributed by atoms with van der Waals surface area (Å²) in [6.07, 6.45) is 0.325. The summed E-state index contributed by atoms with van der Waals surface area (Å²) in [6.45, 7) is 0. The number of sulfone groups is 1. The van der Waals surface area contributed by atoms with Gasteiger partial charge in [-0.05, 0) is 30.7 Å². The number of carbonyl (C=O) groups excluding carboxylic acids is 1. The Balaban J connectivity index is 1.80. The zero-order chi connectivity index (χ0) is 15.9. The summed E-state index contributed by atoms with van der Waals surface area (Å²) in [4.78, 5) is 15.1. The van der Waals surface area contributed by atoms with Gasteiger partial charge in [-0.1, -0.05) is 0 Å². The molecule has 1 fully saturated rings. The zero-order valence-electron chi connectivity index (χ0n) is 11.7. The average molecular weight is 325 g/mol. The molecule has 118 valence electrons. The summed E-state index contributed by atoms with van der Waals surface area (Å²) in [5, 5.41) is 3.22. The van der Waals surface area contributed by atoms with Gasteiger partial charge in [0, 0.05) is 16.9 Å². The Hall–Kier alpha value is -1.93. The van der Waals surface area contributed by atoms with Crippen molar-refractivity contribution in [1.82, 2.24) is 10.3 Å². The first-order chi connectivity index (χ1) is 10.3. The maximum atomic E-state index is 13.2. The molecule has 2 atom stereocenters. The van der Waals surface area contributed by atoms with Crippen molar-refractivity contribution in [2.45, 2.75) is 18.5 Å². The summed E-state index contributed by atoms with van der Waals surface area (Å²) in [5.41, 5.74) is 6.76. The first kappa shape index (κ1) is 15.0. The number of carbonyl (C=O) groups is 1. The number of hydrogen-bond donors (Lipinski definition) is 3. The van der Waals surface area contributed by atoms with Gasteiger partial charge in [0.25, 0.3) is 5.91 Å². The molecule has 0 aliphatic carbocycles. The number of aromatic amines is 1. The van der Waals surface area contributed by atoms with E-state index in [2.05, 4.69) is 10.3 Å². The largest absolute Gasteiger partial charge is 0.351 e. The molecule has 0 radical (unpaired) electrons. The molecule has 1 aliphatic heterocycles. The van der Waals surface area contributed by atoms with Crippen LogP contribution >= 0.6 is 0 Å². The topological polar surface area (TPSA) is 105 Å². The fourth-order valence-electron chi connectivity index (χ4n) is 2.62. The highest BCUT2D eigenvalue weighted by atomic mass is 32.2. The van der Waals surface area contributed by atoms with Gasteiger partial charge in [0.1, 0.15) is 11.5 Å². The minimum Gasteiger partial charge on any atom is -0.351 e. The van der Waals surface area contributed by atoms with Crippen molar-refractivity contribution < 1.29 is 17.6 Å². The Kier molecular flexibility index (Phi) is 3.65. The second-order valence-electron chi connectivity index (χ2n) is 5.56. The number of aromatic nitrogens is 1. The average Bonchev–Trinajstić information content (AvgIpc) is 2.85. The summed E-state index contributed by atoms with van der Waals surface area (Å²) < 4.78 is 36.5. The number of rotatable bonds is 2. The van der Waals surface area contributed by atoms with Crippen LogP contribution in [0.25, 0.3) is 10.9 Å². The van der Waals surface area contributed by atoms with E-state index in [9.17, 15) is 17.6 Å². The molecule has 2 heterocycles. The molecule has 4 N–H and O–H groups in total. The van der Waals surface area contributed by atoms with E-state index < -0.39 is 27.8 Å². The third kappa shape index (κ3) is 2.97. The lowest BCUT2D eigenvalue weighted by atomic mass is 10.1. The van der Waals surface area contributed by atoms with Crippen LogP contribution in [0.3, 0.4) is 0 Å². The van der Waals surface area contributed by atoms with Gasteiger partial charge in [0.15, 0.2) is 9.84 Å². The van der Waals surface area contributed by atoms with Crippen LogP contribution in [0, 0.1) is 5.82 Å². The molecule has 0 saturated carbocycles. The highest BCUT2D eigenvalue weighted by Gasteiger charge is 2.32. The molecule has 1 aliphatic rings. The van der Waals surface area contributed by atoms with Crippen LogP contribution in [0.5, 0.6) is 0 Å². The maximum absolute atomic E-state index is 13.2. The first-order valence-electron chi connectivity index (χ1n) is 6.89. The number of nitrogens with one attached hydrogen (secondary N) is 2. The molecule has 6 nitrogen and oxygen atoms in total. The number of H-pyrrole nitrogens is 1. The Morgan fingerprint density at radius 1 is 1.36 bits per heavy atom. The molecule has 0 unspecified atom stereocenters. The lowest BCUT2D eigenvalue weighted by molar-refractivity contribution is 0.0930. The summed E-state index contributed by atoms with van der Waals surface area (Å²) >= 11 is 0. The second-order valence-corrected chi connectivity index (χ2v) is 7.79. The van der Waals surface area contributed by atoms with Crippen molar-refractivity contribution in [2.24, 2.45) is 5.73 Å². The van der Waals surface area contributed by atoms with Crippen LogP contribution in [-0.4, -0.2) is 42.9 Å². The Bertz CT molecular complexity index is 831. The van der Waals surface area contributed by atoms with E-state index in [1.807, 2.05) is 0 Å². The van der Waals surface area contributed by atoms with Gasteiger partial charge in [0.05, 0.1) is 17.5 Å². The SMILES string of the molecule is N[C@@H]1CCS(=O)(=O)C[C@@H]1NC(=O)c1cc2cc(F)ccc2[nH]1. The smallest absolute Gasteiger partial charge is 0.268 e. The number of halogens is 1. The van der Waals surface area contributed by atoms with Crippen molar-refractivity contribution in [3.8, 4) is 0 Å². The molecule has 3 rings (SSSR count). The van der Waals surface area contributed by atoms with E-state index in [4.69, 9.17) is 5.73 Å². The van der Waals surface area contributed by atoms with Gasteiger partial charge in [-0.2, -0.15) is 0 Å². The molecule has 1 amide bonds. The number of benzene rings is 1. The molecular formula is C14H16FN3O3S. The molecule has 8 heteroatoms. The normalized spacial score (nSPS) is 24.3. The van der Waals surface area contributed by atoms with Crippen molar-refractivity contribution in [1.29, 1.82) is 0 Å². The molecule has 0 spiro atoms. The predicted molar refractivity (Wildman–Crippen MR) is 80.8 cm³/mol. The standard InChI is InChI=1S/C14H16FN3O3S/c15-9-1-2-11-8(5-9)6-12(17-11)14(19)18-13-7-22(20,21)4-3-10(13)16/h1-2,5-6,10,13,17H,3-4,7,16H2,(H,18,19)/t10-,13+/m1/s1. The first-order valence-corrected chi connectivity index (χ1v) is 8.71. The molecular weight excluding hydrogens is 309 g/mol. The van der Waals surface area contributed by atoms with Crippen molar-refractivity contribution in [2.75, 3.05) is 11.5 Å². The lowest BCUT2D eigenvalue weighted by Gasteiger charge is -2.28. The van der Waals surface area contributed by atoms with Gasteiger partial charge < -0.3 is 16.0 Å². The van der Waals surface area contributed by atoms with E-state index in [0.29, 0.717) is 17.3 Å². The van der Waals surface area contributed by atoms with Crippen LogP contribution in [0.15, 0.2) is 24.3 Å². The summed E-state index contributed by atoms with van der Waals surface area (Å²) in [6, 6.07) is 4.67. The second kappa shape index (κ2) is 5.36. The Morgan fingerprint density at radius 2 is 2.14 bits per heavy atom. The monoisotopic (exact) mass is 325 g/mol. The van der Waals surface area contributed by atoms with Crippen molar-refractivity contribution in [3.05, 3.63) is 35.8 Å². The Morgan fingerprint density at radius 3 is 2.91 bits per heavy atom. The van der Waals surface area contributed by atoms with E-state index in [1.54, 1.807) is 0 Å². The van der Waals surface area contributed by atoms with Crippen LogP contribution in [-0.2, 0) is 9.84 Å². The lowest BCUT2D eigenvalue weighted by Crippen LogP contribution is -2.55. The van der Waals surface area contributed by atoms with Gasteiger partial charge in [-0.15, -0.1) is 0 Å². The van der Waals surface area contributed by atoms with E-state index >= 15 is 0 Å². The van der Waals surface area contributed by atoms with Gasteiger partial charge in [-0.3, -0.25) is 4.79 Å². The minimum absolute atomic E-state index is 0.0478. The van der Waals surface area contributed by atoms with Gasteiger partial charge in [-0.25, -0.2) is 12.8 Å². The van der Waals surface area contributed by atoms with E-state index in [0.717, 1.165) is 0 Å². The molecule has 0 bridgehead atoms. The summed E-state index contributed by atoms with van der Waals surface area (Å²) in [7, 11) is -3.18. The molecule has 1 aromatic carbocycles. The fraction of sp³-hybridized carbons (Fsp3) is 0.357. The number of nitrogens with two attached hydrogens (primary N) is 1. The van der Waals surface area contributed by atoms with Crippen LogP contribution in [0.1, 0.15) is 16.9 Å². The van der Waals surface area contributed by atoms with Gasteiger partial charge >= 0.3 is 0 Å². The third-order valence-electron chi connectivity index (χ3n) is 3.86. The van der Waals surface area contributed by atoms with Crippen LogP contribution < -0.4 is 11.1 Å². The fourth-order valence-corrected chi connectivity index (χ4v) is 4.29. The van der Waals surface area contributed by atoms with Crippen LogP contribution in [0.4, 0.5) is 4.39 Å². The third-order valence-corrected chi connectivity index (χ3v) is 5.58. The zero-order valence-corrected chi connectivity index (χ0v) is 12.5. The number of fused-ring (bicyclic) bond motifs is 1. The number of hydrogen-bond acceptors (Lipinski definition) is 4. The quantitative estimate of drug-likeness (QED) is 0.750.